The number of nitrogens with zero attached hydrogens (tertiary/aromatic N) is 2. The standard InChI is InChI=1S/C22H24N4O/c1-16(27)24-21-11-12-26(15-21)14-20-13-23-25-22(20)19-9-7-18(8-10-19)17-5-3-2-4-6-17/h2-10,13,21H,11-12,14-15H2,1H3,(H,23,25)(H,24,27)/t21-/m0/s1. The number of likely N-dealkylation sites (tertiary alicyclic amines) is 1. The van der Waals surface area contributed by atoms with Gasteiger partial charge in [-0.05, 0) is 23.1 Å². The Hall–Kier alpha value is -2.92. The van der Waals surface area contributed by atoms with Crippen LogP contribution in [-0.2, 0) is 11.3 Å². The van der Waals surface area contributed by atoms with Crippen molar-refractivity contribution in [1.29, 1.82) is 0 Å². The summed E-state index contributed by atoms with van der Waals surface area (Å²) < 4.78 is 0. The third kappa shape index (κ3) is 4.09. The molecule has 1 aromatic heterocycles. The van der Waals surface area contributed by atoms with Crippen molar-refractivity contribution in [1.82, 2.24) is 20.4 Å². The average molecular weight is 360 g/mol. The highest BCUT2D eigenvalue weighted by molar-refractivity contribution is 5.73. The zero-order valence-corrected chi connectivity index (χ0v) is 15.5. The molecule has 2 aromatic carbocycles. The van der Waals surface area contributed by atoms with E-state index in [2.05, 4.69) is 68.9 Å². The summed E-state index contributed by atoms with van der Waals surface area (Å²) in [5.74, 6) is 0.0457. The summed E-state index contributed by atoms with van der Waals surface area (Å²) in [6, 6.07) is 19.2. The lowest BCUT2D eigenvalue weighted by Gasteiger charge is -2.16. The Bertz CT molecular complexity index is 902. The van der Waals surface area contributed by atoms with Crippen LogP contribution in [0.25, 0.3) is 22.4 Å². The third-order valence-corrected chi connectivity index (χ3v) is 5.07. The van der Waals surface area contributed by atoms with Crippen molar-refractivity contribution < 1.29 is 4.79 Å². The van der Waals surface area contributed by atoms with Crippen LogP contribution in [0.1, 0.15) is 18.9 Å². The van der Waals surface area contributed by atoms with Gasteiger partial charge in [0.05, 0.1) is 11.9 Å². The zero-order valence-electron chi connectivity index (χ0n) is 15.5. The van der Waals surface area contributed by atoms with E-state index in [0.717, 1.165) is 37.3 Å². The fourth-order valence-electron chi connectivity index (χ4n) is 3.76. The van der Waals surface area contributed by atoms with E-state index >= 15 is 0 Å². The monoisotopic (exact) mass is 360 g/mol. The molecule has 0 spiro atoms. The molecule has 1 saturated heterocycles. The van der Waals surface area contributed by atoms with E-state index in [1.165, 1.54) is 16.7 Å². The number of carbonyl (C=O) groups is 1. The number of amides is 1. The first-order chi connectivity index (χ1) is 13.2. The largest absolute Gasteiger partial charge is 0.352 e. The lowest BCUT2D eigenvalue weighted by atomic mass is 10.0. The highest BCUT2D eigenvalue weighted by atomic mass is 16.1. The molecular formula is C22H24N4O. The highest BCUT2D eigenvalue weighted by Gasteiger charge is 2.24. The van der Waals surface area contributed by atoms with Crippen molar-refractivity contribution in [2.75, 3.05) is 13.1 Å². The Morgan fingerprint density at radius 3 is 2.56 bits per heavy atom. The number of benzene rings is 2. The van der Waals surface area contributed by atoms with Crippen LogP contribution in [0.15, 0.2) is 60.8 Å². The van der Waals surface area contributed by atoms with E-state index in [0.29, 0.717) is 0 Å². The van der Waals surface area contributed by atoms with Crippen molar-refractivity contribution in [2.45, 2.75) is 25.9 Å². The van der Waals surface area contributed by atoms with Crippen LogP contribution in [0.2, 0.25) is 0 Å². The van der Waals surface area contributed by atoms with Crippen molar-refractivity contribution >= 4 is 5.91 Å². The van der Waals surface area contributed by atoms with Crippen molar-refractivity contribution in [3.63, 3.8) is 0 Å². The third-order valence-electron chi connectivity index (χ3n) is 5.07. The van der Waals surface area contributed by atoms with Crippen LogP contribution in [0.4, 0.5) is 0 Å². The highest BCUT2D eigenvalue weighted by Crippen LogP contribution is 2.27. The predicted molar refractivity (Wildman–Crippen MR) is 107 cm³/mol. The van der Waals surface area contributed by atoms with E-state index in [1.54, 1.807) is 6.92 Å². The summed E-state index contributed by atoms with van der Waals surface area (Å²) >= 11 is 0. The van der Waals surface area contributed by atoms with Crippen molar-refractivity contribution in [3.8, 4) is 22.4 Å². The van der Waals surface area contributed by atoms with Crippen molar-refractivity contribution in [2.24, 2.45) is 0 Å². The molecular weight excluding hydrogens is 336 g/mol. The lowest BCUT2D eigenvalue weighted by Crippen LogP contribution is -2.35. The maximum absolute atomic E-state index is 11.2. The fourth-order valence-corrected chi connectivity index (χ4v) is 3.76. The molecule has 1 aliphatic rings. The summed E-state index contributed by atoms with van der Waals surface area (Å²) in [6.45, 7) is 4.29. The first-order valence-electron chi connectivity index (χ1n) is 9.36. The Morgan fingerprint density at radius 2 is 1.81 bits per heavy atom. The molecule has 1 amide bonds. The quantitative estimate of drug-likeness (QED) is 0.733. The maximum atomic E-state index is 11.2. The number of hydrogen-bond donors (Lipinski definition) is 2. The zero-order chi connectivity index (χ0) is 18.6. The van der Waals surface area contributed by atoms with Crippen LogP contribution in [-0.4, -0.2) is 40.1 Å². The molecule has 5 heteroatoms. The summed E-state index contributed by atoms with van der Waals surface area (Å²) in [5, 5.41) is 10.4. The number of aromatic nitrogens is 2. The van der Waals surface area contributed by atoms with Gasteiger partial charge in [0.2, 0.25) is 5.91 Å². The van der Waals surface area contributed by atoms with Crippen LogP contribution < -0.4 is 5.32 Å². The number of nitrogens with one attached hydrogen (secondary N) is 2. The number of aromatic amines is 1. The topological polar surface area (TPSA) is 61.0 Å². The van der Waals surface area contributed by atoms with Gasteiger partial charge in [-0.1, -0.05) is 54.6 Å². The number of H-pyrrole nitrogens is 1. The molecule has 2 N–H and O–H groups in total. The number of carbonyl (C=O) groups excluding carboxylic acids is 1. The van der Waals surface area contributed by atoms with Gasteiger partial charge in [-0.15, -0.1) is 0 Å². The second-order valence-electron chi connectivity index (χ2n) is 7.13. The molecule has 0 bridgehead atoms. The molecule has 1 atom stereocenters. The van der Waals surface area contributed by atoms with Gasteiger partial charge in [0, 0.05) is 38.2 Å². The Labute approximate surface area is 159 Å². The van der Waals surface area contributed by atoms with E-state index in [1.807, 2.05) is 12.3 Å². The molecule has 138 valence electrons. The van der Waals surface area contributed by atoms with Crippen LogP contribution in [0.5, 0.6) is 0 Å². The normalized spacial score (nSPS) is 17.1. The van der Waals surface area contributed by atoms with Gasteiger partial charge in [0.25, 0.3) is 0 Å². The van der Waals surface area contributed by atoms with Crippen LogP contribution in [0, 0.1) is 0 Å². The Morgan fingerprint density at radius 1 is 1.11 bits per heavy atom. The van der Waals surface area contributed by atoms with Gasteiger partial charge in [-0.2, -0.15) is 5.10 Å². The molecule has 1 fully saturated rings. The SMILES string of the molecule is CC(=O)N[C@H]1CCN(Cc2cn[nH]c2-c2ccc(-c3ccccc3)cc2)C1. The first-order valence-corrected chi connectivity index (χ1v) is 9.36. The second-order valence-corrected chi connectivity index (χ2v) is 7.13. The average Bonchev–Trinajstić information content (AvgIpc) is 3.32. The van der Waals surface area contributed by atoms with Gasteiger partial charge in [0.1, 0.15) is 0 Å². The molecule has 0 unspecified atom stereocenters. The van der Waals surface area contributed by atoms with Crippen LogP contribution in [0.3, 0.4) is 0 Å². The molecule has 4 rings (SSSR count). The van der Waals surface area contributed by atoms with Gasteiger partial charge in [-0.25, -0.2) is 0 Å². The predicted octanol–water partition coefficient (Wildman–Crippen LogP) is 3.45. The van der Waals surface area contributed by atoms with E-state index in [9.17, 15) is 4.79 Å². The summed E-state index contributed by atoms with van der Waals surface area (Å²) in [6.07, 6.45) is 2.91. The minimum Gasteiger partial charge on any atom is -0.352 e. The molecule has 0 saturated carbocycles. The molecule has 3 aromatic rings. The van der Waals surface area contributed by atoms with E-state index in [4.69, 9.17) is 0 Å². The van der Waals surface area contributed by atoms with Gasteiger partial charge in [-0.3, -0.25) is 14.8 Å². The Kier molecular flexibility index (Phi) is 5.03. The summed E-state index contributed by atoms with van der Waals surface area (Å²) in [7, 11) is 0. The van der Waals surface area contributed by atoms with Gasteiger partial charge in [0.15, 0.2) is 0 Å². The second kappa shape index (κ2) is 7.76. The molecule has 5 nitrogen and oxygen atoms in total. The minimum absolute atomic E-state index is 0.0457. The summed E-state index contributed by atoms with van der Waals surface area (Å²) in [4.78, 5) is 13.6. The molecule has 27 heavy (non-hydrogen) atoms. The number of hydrogen-bond acceptors (Lipinski definition) is 3. The van der Waals surface area contributed by atoms with Gasteiger partial charge >= 0.3 is 0 Å². The smallest absolute Gasteiger partial charge is 0.217 e. The van der Waals surface area contributed by atoms with Gasteiger partial charge < -0.3 is 5.32 Å². The maximum Gasteiger partial charge on any atom is 0.217 e. The van der Waals surface area contributed by atoms with Crippen LogP contribution >= 0.6 is 0 Å². The summed E-state index contributed by atoms with van der Waals surface area (Å²) in [5.41, 5.74) is 5.82. The fraction of sp³-hybridized carbons (Fsp3) is 0.273. The number of rotatable bonds is 5. The molecule has 0 radical (unpaired) electrons. The van der Waals surface area contributed by atoms with Crippen molar-refractivity contribution in [3.05, 3.63) is 66.4 Å². The van der Waals surface area contributed by atoms with E-state index in [-0.39, 0.29) is 11.9 Å². The molecule has 2 heterocycles. The molecule has 0 aliphatic carbocycles. The lowest BCUT2D eigenvalue weighted by molar-refractivity contribution is -0.119. The first kappa shape index (κ1) is 17.5. The van der Waals surface area contributed by atoms with E-state index < -0.39 is 0 Å². The Balaban J connectivity index is 1.47. The minimum atomic E-state index is 0.0457. The molecule has 1 aliphatic heterocycles.